The van der Waals surface area contributed by atoms with Gasteiger partial charge in [-0.05, 0) is 36.4 Å². The van der Waals surface area contributed by atoms with Crippen molar-refractivity contribution < 1.29 is 9.53 Å². The van der Waals surface area contributed by atoms with E-state index in [-0.39, 0.29) is 11.9 Å². The Kier molecular flexibility index (Phi) is 6.25. The summed E-state index contributed by atoms with van der Waals surface area (Å²) >= 11 is 0. The third-order valence-corrected chi connectivity index (χ3v) is 5.94. The van der Waals surface area contributed by atoms with Gasteiger partial charge in [-0.15, -0.1) is 5.10 Å². The molecule has 0 aliphatic carbocycles. The molecule has 3 heterocycles. The fraction of sp³-hybridized carbons (Fsp3) is 0.591. The highest BCUT2D eigenvalue weighted by Crippen LogP contribution is 2.23. The number of amides is 1. The maximum atomic E-state index is 12.6. The summed E-state index contributed by atoms with van der Waals surface area (Å²) in [6.45, 7) is 9.85. The van der Waals surface area contributed by atoms with Crippen molar-refractivity contribution >= 4 is 5.91 Å². The zero-order valence-electron chi connectivity index (χ0n) is 17.5. The van der Waals surface area contributed by atoms with Crippen LogP contribution in [0.2, 0.25) is 0 Å². The summed E-state index contributed by atoms with van der Waals surface area (Å²) < 4.78 is 7.21. The van der Waals surface area contributed by atoms with E-state index in [1.54, 1.807) is 4.90 Å². The van der Waals surface area contributed by atoms with Crippen LogP contribution in [-0.4, -0.2) is 70.1 Å². The highest BCUT2D eigenvalue weighted by atomic mass is 16.5. The first-order valence-corrected chi connectivity index (χ1v) is 10.7. The molecule has 0 spiro atoms. The van der Waals surface area contributed by atoms with Crippen molar-refractivity contribution in [1.29, 1.82) is 0 Å². The van der Waals surface area contributed by atoms with Crippen molar-refractivity contribution in [3.05, 3.63) is 47.3 Å². The number of likely N-dealkylation sites (tertiary alicyclic amines) is 1. The van der Waals surface area contributed by atoms with Crippen LogP contribution in [0.3, 0.4) is 0 Å². The molecule has 2 saturated heterocycles. The average Bonchev–Trinajstić information content (AvgIpc) is 3.25. The van der Waals surface area contributed by atoms with Crippen LogP contribution >= 0.6 is 0 Å². The monoisotopic (exact) mass is 397 g/mol. The van der Waals surface area contributed by atoms with Gasteiger partial charge in [-0.2, -0.15) is 0 Å². The smallest absolute Gasteiger partial charge is 0.276 e. The number of benzene rings is 1. The number of ether oxygens (including phenoxy) is 1. The maximum absolute atomic E-state index is 12.6. The van der Waals surface area contributed by atoms with Crippen LogP contribution in [0.25, 0.3) is 0 Å². The summed E-state index contributed by atoms with van der Waals surface area (Å²) in [6.07, 6.45) is 4.02. The van der Waals surface area contributed by atoms with Gasteiger partial charge in [0.2, 0.25) is 0 Å². The molecule has 7 heteroatoms. The molecule has 2 aromatic rings. The Balaban J connectivity index is 1.37. The van der Waals surface area contributed by atoms with E-state index in [4.69, 9.17) is 4.74 Å². The maximum Gasteiger partial charge on any atom is 0.276 e. The van der Waals surface area contributed by atoms with Crippen molar-refractivity contribution in [2.24, 2.45) is 0 Å². The zero-order valence-corrected chi connectivity index (χ0v) is 17.5. The number of nitrogens with zero attached hydrogens (tertiary/aromatic N) is 5. The number of carbonyl (C=O) groups is 1. The van der Waals surface area contributed by atoms with Gasteiger partial charge in [0, 0.05) is 26.2 Å². The number of piperidine rings is 1. The van der Waals surface area contributed by atoms with Crippen LogP contribution < -0.4 is 0 Å². The number of aromatic nitrogens is 3. The van der Waals surface area contributed by atoms with Gasteiger partial charge in [0.25, 0.3) is 5.91 Å². The summed E-state index contributed by atoms with van der Waals surface area (Å²) in [5.74, 6) is 0.516. The second-order valence-corrected chi connectivity index (χ2v) is 8.42. The molecule has 156 valence electrons. The molecule has 4 rings (SSSR count). The number of morpholine rings is 1. The standard InChI is InChI=1S/C22H31N5O2/c1-17(2)19-7-5-18(6-8-19)14-25-9-3-4-20(15-25)27-16-21(23-24-27)22(28)26-10-12-29-13-11-26/h5-8,16-17,20H,3-4,9-15H2,1-2H3. The fourth-order valence-corrected chi connectivity index (χ4v) is 4.14. The number of hydrogen-bond acceptors (Lipinski definition) is 5. The van der Waals surface area contributed by atoms with E-state index >= 15 is 0 Å². The van der Waals surface area contributed by atoms with E-state index in [0.717, 1.165) is 32.5 Å². The number of carbonyl (C=O) groups excluding carboxylic acids is 1. The minimum Gasteiger partial charge on any atom is -0.378 e. The first-order chi connectivity index (χ1) is 14.1. The molecule has 0 radical (unpaired) electrons. The molecule has 7 nitrogen and oxygen atoms in total. The molecule has 0 saturated carbocycles. The lowest BCUT2D eigenvalue weighted by Crippen LogP contribution is -2.40. The molecular weight excluding hydrogens is 366 g/mol. The molecule has 1 aromatic heterocycles. The van der Waals surface area contributed by atoms with Gasteiger partial charge in [0.15, 0.2) is 5.69 Å². The molecular formula is C22H31N5O2. The molecule has 29 heavy (non-hydrogen) atoms. The minimum atomic E-state index is -0.0440. The van der Waals surface area contributed by atoms with E-state index in [1.807, 2.05) is 10.9 Å². The first kappa shape index (κ1) is 20.0. The fourth-order valence-electron chi connectivity index (χ4n) is 4.14. The van der Waals surface area contributed by atoms with E-state index in [1.165, 1.54) is 11.1 Å². The first-order valence-electron chi connectivity index (χ1n) is 10.7. The Morgan fingerprint density at radius 3 is 2.66 bits per heavy atom. The topological polar surface area (TPSA) is 63.5 Å². The highest BCUT2D eigenvalue weighted by molar-refractivity contribution is 5.92. The second-order valence-electron chi connectivity index (χ2n) is 8.42. The Hall–Kier alpha value is -2.25. The van der Waals surface area contributed by atoms with E-state index in [2.05, 4.69) is 53.3 Å². The number of rotatable bonds is 5. The van der Waals surface area contributed by atoms with Gasteiger partial charge in [-0.25, -0.2) is 4.68 Å². The minimum absolute atomic E-state index is 0.0440. The summed E-state index contributed by atoms with van der Waals surface area (Å²) in [4.78, 5) is 16.9. The van der Waals surface area contributed by atoms with Gasteiger partial charge < -0.3 is 9.64 Å². The summed E-state index contributed by atoms with van der Waals surface area (Å²) in [7, 11) is 0. The zero-order chi connectivity index (χ0) is 20.2. The molecule has 1 atom stereocenters. The lowest BCUT2D eigenvalue weighted by molar-refractivity contribution is 0.0299. The van der Waals surface area contributed by atoms with Gasteiger partial charge in [0.05, 0.1) is 25.5 Å². The summed E-state index contributed by atoms with van der Waals surface area (Å²) in [5, 5.41) is 8.45. The van der Waals surface area contributed by atoms with Gasteiger partial charge >= 0.3 is 0 Å². The molecule has 0 bridgehead atoms. The van der Waals surface area contributed by atoms with Crippen LogP contribution in [0.4, 0.5) is 0 Å². The molecule has 2 fully saturated rings. The van der Waals surface area contributed by atoms with Crippen LogP contribution in [-0.2, 0) is 11.3 Å². The summed E-state index contributed by atoms with van der Waals surface area (Å²) in [6, 6.07) is 9.23. The Morgan fingerprint density at radius 1 is 1.17 bits per heavy atom. The Bertz CT molecular complexity index is 811. The highest BCUT2D eigenvalue weighted by Gasteiger charge is 2.25. The normalized spacial score (nSPS) is 20.9. The average molecular weight is 398 g/mol. The van der Waals surface area contributed by atoms with Crippen molar-refractivity contribution in [1.82, 2.24) is 24.8 Å². The van der Waals surface area contributed by atoms with Crippen LogP contribution in [0.1, 0.15) is 60.3 Å². The van der Waals surface area contributed by atoms with Gasteiger partial charge in [-0.3, -0.25) is 9.69 Å². The van der Waals surface area contributed by atoms with Crippen molar-refractivity contribution in [2.75, 3.05) is 39.4 Å². The van der Waals surface area contributed by atoms with Crippen molar-refractivity contribution in [3.8, 4) is 0 Å². The largest absolute Gasteiger partial charge is 0.378 e. The van der Waals surface area contributed by atoms with Crippen molar-refractivity contribution in [3.63, 3.8) is 0 Å². The summed E-state index contributed by atoms with van der Waals surface area (Å²) in [5.41, 5.74) is 3.16. The lowest BCUT2D eigenvalue weighted by Gasteiger charge is -2.32. The lowest BCUT2D eigenvalue weighted by atomic mass is 10.0. The molecule has 2 aliphatic rings. The van der Waals surface area contributed by atoms with Gasteiger partial charge in [0.1, 0.15) is 0 Å². The predicted octanol–water partition coefficient (Wildman–Crippen LogP) is 2.71. The molecule has 1 unspecified atom stereocenters. The Morgan fingerprint density at radius 2 is 1.93 bits per heavy atom. The number of hydrogen-bond donors (Lipinski definition) is 0. The van der Waals surface area contributed by atoms with Crippen molar-refractivity contribution in [2.45, 2.75) is 45.2 Å². The molecule has 0 N–H and O–H groups in total. The van der Waals surface area contributed by atoms with E-state index in [9.17, 15) is 4.79 Å². The predicted molar refractivity (Wildman–Crippen MR) is 111 cm³/mol. The van der Waals surface area contributed by atoms with Gasteiger partial charge in [-0.1, -0.05) is 43.3 Å². The third kappa shape index (κ3) is 4.85. The van der Waals surface area contributed by atoms with E-state index < -0.39 is 0 Å². The SMILES string of the molecule is CC(C)c1ccc(CN2CCCC(n3cc(C(=O)N4CCOCC4)nn3)C2)cc1. The van der Waals surface area contributed by atoms with E-state index in [0.29, 0.717) is 37.9 Å². The van der Waals surface area contributed by atoms with Crippen LogP contribution in [0.5, 0.6) is 0 Å². The Labute approximate surface area is 172 Å². The molecule has 1 aromatic carbocycles. The van der Waals surface area contributed by atoms with Crippen LogP contribution in [0, 0.1) is 0 Å². The van der Waals surface area contributed by atoms with Crippen LogP contribution in [0.15, 0.2) is 30.5 Å². The molecule has 2 aliphatic heterocycles. The second kappa shape index (κ2) is 9.05. The molecule has 1 amide bonds. The quantitative estimate of drug-likeness (QED) is 0.776. The third-order valence-electron chi connectivity index (χ3n) is 5.94.